The molecule has 4 heavy (non-hydrogen) atoms. The molecule has 0 aliphatic rings. The molecular weight excluding hydrogens is 82.0 g/mol. The molecule has 0 bridgehead atoms. The van der Waals surface area contributed by atoms with Crippen molar-refractivity contribution < 1.29 is 10.5 Å². The van der Waals surface area contributed by atoms with Crippen LogP contribution in [-0.4, -0.2) is 57.4 Å². The van der Waals surface area contributed by atoms with E-state index in [1.807, 2.05) is 0 Å². The van der Waals surface area contributed by atoms with Gasteiger partial charge < -0.3 is 0 Å². The van der Waals surface area contributed by atoms with Crippen molar-refractivity contribution in [1.82, 2.24) is 0 Å². The minimum absolute atomic E-state index is 0. The van der Waals surface area contributed by atoms with Gasteiger partial charge in [0.05, 0.1) is 0 Å². The first-order valence-electron chi connectivity index (χ1n) is 0.200. The maximum atomic E-state index is 6.00. The molecule has 22 valence electrons. The Labute approximate surface area is 57.2 Å². The Morgan fingerprint density at radius 1 is 1.00 bits per heavy atom. The van der Waals surface area contributed by atoms with Gasteiger partial charge in [0.15, 0.2) is 17.4 Å². The van der Waals surface area contributed by atoms with Gasteiger partial charge in [0.1, 0.15) is 0 Å². The quantitative estimate of drug-likeness (QED) is 0.208. The van der Waals surface area contributed by atoms with Crippen LogP contribution in [0, 0.1) is 0 Å². The summed E-state index contributed by atoms with van der Waals surface area (Å²) in [5, 5.41) is 12.0. The summed E-state index contributed by atoms with van der Waals surface area (Å²) in [4.78, 5) is 0. The van der Waals surface area contributed by atoms with Gasteiger partial charge in [-0.25, -0.2) is 0 Å². The number of hydrogen-bond donors (Lipinski definition) is 2. The predicted octanol–water partition coefficient (Wildman–Crippen LogP) is -1.82. The molecule has 0 fully saturated rings. The van der Waals surface area contributed by atoms with Crippen molar-refractivity contribution in [3.8, 4) is 0 Å². The molecule has 0 aliphatic carbocycles. The van der Waals surface area contributed by atoms with Gasteiger partial charge in [-0.15, -0.1) is 0 Å². The van der Waals surface area contributed by atoms with Crippen LogP contribution in [0.15, 0.2) is 0 Å². The van der Waals surface area contributed by atoms with E-state index in [9.17, 15) is 0 Å². The molecule has 0 saturated heterocycles. The van der Waals surface area contributed by atoms with Crippen LogP contribution >= 0.6 is 0 Å². The minimum atomic E-state index is 0. The summed E-state index contributed by atoms with van der Waals surface area (Å²) in [6.07, 6.45) is 0. The van der Waals surface area contributed by atoms with E-state index in [1.54, 1.807) is 0 Å². The van der Waals surface area contributed by atoms with E-state index in [4.69, 9.17) is 10.5 Å². The fourth-order valence-electron chi connectivity index (χ4n) is 0. The Kier molecular flexibility index (Phi) is 113. The van der Waals surface area contributed by atoms with Crippen molar-refractivity contribution in [3.05, 3.63) is 0 Å². The molecule has 0 amide bonds. The Morgan fingerprint density at radius 3 is 1.00 bits per heavy atom. The summed E-state index contributed by atoms with van der Waals surface area (Å²) in [6.45, 7) is 0. The first-order valence-corrected chi connectivity index (χ1v) is 0.200. The first-order chi connectivity index (χ1) is 1.00. The number of rotatable bonds is 0. The summed E-state index contributed by atoms with van der Waals surface area (Å²) in [7, 11) is 0. The molecular formula is H6AlNaO2. The standard InChI is InChI=1S/Al.Na.H2O2.4H/c;;1-2;;;;/h;;1-2H;;;;. The van der Waals surface area contributed by atoms with Crippen LogP contribution in [-0.2, 0) is 0 Å². The zero-order valence-electron chi connectivity index (χ0n) is 0.894. The average Bonchev–Trinajstić information content (AvgIpc) is 1.00. The van der Waals surface area contributed by atoms with E-state index in [0.717, 1.165) is 0 Å². The third kappa shape index (κ3) is 9.84. The Morgan fingerprint density at radius 2 is 1.00 bits per heavy atom. The van der Waals surface area contributed by atoms with Crippen LogP contribution in [0.1, 0.15) is 0 Å². The molecule has 0 aromatic heterocycles. The fraction of sp³-hybridized carbons (Fsp3) is 0. The van der Waals surface area contributed by atoms with E-state index in [2.05, 4.69) is 0 Å². The van der Waals surface area contributed by atoms with E-state index in [1.165, 1.54) is 0 Å². The van der Waals surface area contributed by atoms with Crippen LogP contribution < -0.4 is 0 Å². The van der Waals surface area contributed by atoms with Crippen LogP contribution in [0.2, 0.25) is 0 Å². The van der Waals surface area contributed by atoms with Crippen molar-refractivity contribution in [3.63, 3.8) is 0 Å². The molecule has 0 aromatic carbocycles. The van der Waals surface area contributed by atoms with Crippen molar-refractivity contribution in [2.45, 2.75) is 0 Å². The maximum absolute atomic E-state index is 6.00. The van der Waals surface area contributed by atoms with E-state index >= 15 is 0 Å². The predicted molar refractivity (Wildman–Crippen MR) is 22.3 cm³/mol. The molecule has 0 aromatic rings. The van der Waals surface area contributed by atoms with Gasteiger partial charge in [-0.1, -0.05) is 0 Å². The van der Waals surface area contributed by atoms with Gasteiger partial charge in [-0.2, -0.15) is 0 Å². The molecule has 0 rings (SSSR count). The van der Waals surface area contributed by atoms with Crippen LogP contribution in [0.4, 0.5) is 0 Å². The third-order valence-electron chi connectivity index (χ3n) is 0. The van der Waals surface area contributed by atoms with Crippen LogP contribution in [0.3, 0.4) is 0 Å². The zero-order valence-corrected chi connectivity index (χ0v) is 0.894. The average molecular weight is 88.0 g/mol. The van der Waals surface area contributed by atoms with Gasteiger partial charge in [0, 0.05) is 0 Å². The van der Waals surface area contributed by atoms with Gasteiger partial charge in [0.2, 0.25) is 0 Å². The SMILES string of the molecule is OO.[AlH3].[NaH]. The second-order valence-corrected chi connectivity index (χ2v) is 0. The topological polar surface area (TPSA) is 40.5 Å². The molecule has 0 saturated carbocycles. The molecule has 0 aliphatic heterocycles. The van der Waals surface area contributed by atoms with Gasteiger partial charge >= 0.3 is 29.6 Å². The Bertz CT molecular complexity index is 6.00. The molecule has 0 unspecified atom stereocenters. The third-order valence-corrected chi connectivity index (χ3v) is 0. The molecule has 0 spiro atoms. The van der Waals surface area contributed by atoms with Gasteiger partial charge in [0.25, 0.3) is 0 Å². The van der Waals surface area contributed by atoms with Crippen molar-refractivity contribution in [1.29, 1.82) is 0 Å². The fourth-order valence-corrected chi connectivity index (χ4v) is 0. The van der Waals surface area contributed by atoms with Crippen molar-refractivity contribution in [2.75, 3.05) is 0 Å². The van der Waals surface area contributed by atoms with Gasteiger partial charge in [-0.3, -0.25) is 10.5 Å². The normalized spacial score (nSPS) is 1.50. The summed E-state index contributed by atoms with van der Waals surface area (Å²) in [6, 6.07) is 0. The van der Waals surface area contributed by atoms with Crippen LogP contribution in [0.5, 0.6) is 0 Å². The van der Waals surface area contributed by atoms with E-state index in [0.29, 0.717) is 0 Å². The molecule has 4 heteroatoms. The Balaban J connectivity index is -0.00000000500. The summed E-state index contributed by atoms with van der Waals surface area (Å²) in [5.41, 5.74) is 0. The second kappa shape index (κ2) is 25.2. The molecule has 0 heterocycles. The second-order valence-electron chi connectivity index (χ2n) is 0. The molecule has 0 atom stereocenters. The molecule has 2 nitrogen and oxygen atoms in total. The van der Waals surface area contributed by atoms with E-state index < -0.39 is 0 Å². The van der Waals surface area contributed by atoms with Gasteiger partial charge in [-0.05, 0) is 0 Å². The summed E-state index contributed by atoms with van der Waals surface area (Å²) < 4.78 is 0. The Hall–Kier alpha value is 1.45. The van der Waals surface area contributed by atoms with Crippen molar-refractivity contribution >= 4 is 46.9 Å². The number of hydrogen-bond acceptors (Lipinski definition) is 2. The molecule has 2 N–H and O–H groups in total. The zero-order chi connectivity index (χ0) is 2.00. The first kappa shape index (κ1) is 18.0. The van der Waals surface area contributed by atoms with Crippen LogP contribution in [0.25, 0.3) is 0 Å². The summed E-state index contributed by atoms with van der Waals surface area (Å²) in [5.74, 6) is 0. The van der Waals surface area contributed by atoms with Crippen molar-refractivity contribution in [2.24, 2.45) is 0 Å². The van der Waals surface area contributed by atoms with E-state index in [-0.39, 0.29) is 46.9 Å². The molecule has 0 radical (unpaired) electrons. The monoisotopic (exact) mass is 88.0 g/mol. The summed E-state index contributed by atoms with van der Waals surface area (Å²) >= 11 is 0.